The number of allylic oxidation sites excluding steroid dienone is 1. The Morgan fingerprint density at radius 1 is 1.75 bits per heavy atom. The molecule has 66 valence electrons. The maximum absolute atomic E-state index is 7.59. The van der Waals surface area contributed by atoms with E-state index in [0.29, 0.717) is 5.04 Å². The van der Waals surface area contributed by atoms with Crippen molar-refractivity contribution in [3.05, 3.63) is 11.6 Å². The molecule has 0 aromatic rings. The first-order valence-electron chi connectivity index (χ1n) is 3.72. The zero-order valence-electron chi connectivity index (χ0n) is 7.10. The zero-order valence-corrected chi connectivity index (χ0v) is 10.1. The fourth-order valence-corrected chi connectivity index (χ4v) is 2.57. The van der Waals surface area contributed by atoms with Gasteiger partial charge in [-0.15, -0.1) is 0 Å². The van der Waals surface area contributed by atoms with Crippen molar-refractivity contribution in [3.63, 3.8) is 0 Å². The second kappa shape index (κ2) is 4.41. The van der Waals surface area contributed by atoms with E-state index in [1.807, 2.05) is 0 Å². The highest BCUT2D eigenvalue weighted by Crippen LogP contribution is 2.26. The van der Waals surface area contributed by atoms with Gasteiger partial charge in [-0.1, -0.05) is 11.6 Å². The summed E-state index contributed by atoms with van der Waals surface area (Å²) in [4.78, 5) is 4.34. The Labute approximate surface area is 90.6 Å². The molecule has 0 spiro atoms. The van der Waals surface area contributed by atoms with Gasteiger partial charge in [0.2, 0.25) is 0 Å². The van der Waals surface area contributed by atoms with Crippen molar-refractivity contribution >= 4 is 42.4 Å². The second-order valence-electron chi connectivity index (χ2n) is 2.88. The highest BCUT2D eigenvalue weighted by atomic mass is 127. The summed E-state index contributed by atoms with van der Waals surface area (Å²) in [6, 6.07) is 0.0943. The molecule has 1 aliphatic rings. The van der Waals surface area contributed by atoms with Crippen molar-refractivity contribution in [3.8, 4) is 0 Å². The molecule has 1 N–H and O–H groups in total. The number of hydrogen-bond donors (Lipinski definition) is 1. The third kappa shape index (κ3) is 2.90. The Bertz CT molecular complexity index is 254. The van der Waals surface area contributed by atoms with Crippen LogP contribution in [0.5, 0.6) is 0 Å². The molecule has 1 rings (SSSR count). The van der Waals surface area contributed by atoms with Gasteiger partial charge in [0, 0.05) is 0 Å². The highest BCUT2D eigenvalue weighted by Gasteiger charge is 2.21. The van der Waals surface area contributed by atoms with Crippen molar-refractivity contribution in [2.75, 3.05) is 0 Å². The molecular weight excluding hydrogens is 283 g/mol. The molecule has 0 saturated carbocycles. The molecule has 1 heterocycles. The molecule has 1 atom stereocenters. The first-order chi connectivity index (χ1) is 5.59. The Kier molecular flexibility index (Phi) is 3.77. The maximum atomic E-state index is 7.59. The fraction of sp³-hybridized carbons (Fsp3) is 0.500. The van der Waals surface area contributed by atoms with Crippen molar-refractivity contribution in [1.29, 1.82) is 5.41 Å². The van der Waals surface area contributed by atoms with E-state index in [-0.39, 0.29) is 6.04 Å². The summed E-state index contributed by atoms with van der Waals surface area (Å²) >= 11 is 3.64. The molecule has 1 unspecified atom stereocenters. The summed E-state index contributed by atoms with van der Waals surface area (Å²) in [7, 11) is 0. The van der Waals surface area contributed by atoms with Gasteiger partial charge in [0.1, 0.15) is 9.09 Å². The van der Waals surface area contributed by atoms with Crippen LogP contribution < -0.4 is 0 Å². The third-order valence-electron chi connectivity index (χ3n) is 1.50. The third-order valence-corrected chi connectivity index (χ3v) is 3.21. The first kappa shape index (κ1) is 10.2. The van der Waals surface area contributed by atoms with Gasteiger partial charge in [0.15, 0.2) is 0 Å². The van der Waals surface area contributed by atoms with Crippen LogP contribution in [0.2, 0.25) is 0 Å². The highest BCUT2D eigenvalue weighted by molar-refractivity contribution is 14.1. The molecule has 0 radical (unpaired) electrons. The standard InChI is InChI=1S/C8H11IN2S/c1-5(2)3-4-6-7(10)12-8(9)11-6/h3,6,10H,4H2,1-2H3. The topological polar surface area (TPSA) is 36.2 Å². The lowest BCUT2D eigenvalue weighted by molar-refractivity contribution is 0.888. The Hall–Kier alpha value is 0.160. The summed E-state index contributed by atoms with van der Waals surface area (Å²) in [5.41, 5.74) is 1.30. The summed E-state index contributed by atoms with van der Waals surface area (Å²) < 4.78 is 0.991. The lowest BCUT2D eigenvalue weighted by atomic mass is 10.2. The summed E-state index contributed by atoms with van der Waals surface area (Å²) in [5, 5.41) is 8.27. The smallest absolute Gasteiger partial charge is 0.135 e. The van der Waals surface area contributed by atoms with Gasteiger partial charge in [-0.3, -0.25) is 10.4 Å². The minimum absolute atomic E-state index is 0.0943. The average Bonchev–Trinajstić information content (AvgIpc) is 2.26. The van der Waals surface area contributed by atoms with E-state index in [9.17, 15) is 0 Å². The van der Waals surface area contributed by atoms with Crippen LogP contribution in [0.25, 0.3) is 0 Å². The minimum atomic E-state index is 0.0943. The second-order valence-corrected chi connectivity index (χ2v) is 5.67. The molecule has 1 aliphatic heterocycles. The lowest BCUT2D eigenvalue weighted by Gasteiger charge is -2.01. The monoisotopic (exact) mass is 294 g/mol. The van der Waals surface area contributed by atoms with Gasteiger partial charge in [-0.2, -0.15) is 0 Å². The van der Waals surface area contributed by atoms with Gasteiger partial charge in [-0.05, 0) is 54.6 Å². The number of nitrogens with one attached hydrogen (secondary N) is 1. The molecule has 0 bridgehead atoms. The molecule has 0 aromatic heterocycles. The van der Waals surface area contributed by atoms with Crippen molar-refractivity contribution in [2.24, 2.45) is 4.99 Å². The van der Waals surface area contributed by atoms with Gasteiger partial charge < -0.3 is 0 Å². The minimum Gasteiger partial charge on any atom is -0.296 e. The number of halogens is 1. The van der Waals surface area contributed by atoms with Crippen LogP contribution in [0.3, 0.4) is 0 Å². The Balaban J connectivity index is 2.54. The summed E-state index contributed by atoms with van der Waals surface area (Å²) in [6.07, 6.45) is 3.01. The number of rotatable bonds is 2. The number of thioether (sulfide) groups is 1. The fourth-order valence-electron chi connectivity index (χ4n) is 0.873. The van der Waals surface area contributed by atoms with Gasteiger partial charge in [0.05, 0.1) is 5.04 Å². The molecule has 0 fully saturated rings. The van der Waals surface area contributed by atoms with Crippen molar-refractivity contribution in [1.82, 2.24) is 0 Å². The van der Waals surface area contributed by atoms with Crippen LogP contribution in [-0.4, -0.2) is 14.1 Å². The maximum Gasteiger partial charge on any atom is 0.135 e. The molecule has 0 aromatic carbocycles. The average molecular weight is 294 g/mol. The Morgan fingerprint density at radius 3 is 2.83 bits per heavy atom. The van der Waals surface area contributed by atoms with E-state index in [2.05, 4.69) is 47.5 Å². The van der Waals surface area contributed by atoms with Gasteiger partial charge in [-0.25, -0.2) is 0 Å². The molecule has 12 heavy (non-hydrogen) atoms. The first-order valence-corrected chi connectivity index (χ1v) is 5.62. The van der Waals surface area contributed by atoms with E-state index in [1.165, 1.54) is 17.3 Å². The predicted octanol–water partition coefficient (Wildman–Crippen LogP) is 3.23. The number of nitrogens with zero attached hydrogens (tertiary/aromatic N) is 1. The summed E-state index contributed by atoms with van der Waals surface area (Å²) in [6.45, 7) is 4.14. The van der Waals surface area contributed by atoms with Crippen LogP contribution in [0.4, 0.5) is 0 Å². The van der Waals surface area contributed by atoms with Crippen LogP contribution in [-0.2, 0) is 0 Å². The molecule has 2 nitrogen and oxygen atoms in total. The molecule has 4 heteroatoms. The quantitative estimate of drug-likeness (QED) is 0.616. The van der Waals surface area contributed by atoms with Crippen LogP contribution in [0, 0.1) is 5.41 Å². The zero-order chi connectivity index (χ0) is 9.14. The Morgan fingerprint density at radius 2 is 2.42 bits per heavy atom. The molecule has 0 saturated heterocycles. The SMILES string of the molecule is CC(C)=CCC1N=C(I)SC1=N. The van der Waals surface area contributed by atoms with E-state index in [1.54, 1.807) is 0 Å². The molecule has 0 aliphatic carbocycles. The number of hydrogen-bond acceptors (Lipinski definition) is 3. The van der Waals surface area contributed by atoms with Crippen LogP contribution in [0.1, 0.15) is 20.3 Å². The van der Waals surface area contributed by atoms with Crippen LogP contribution in [0.15, 0.2) is 16.6 Å². The normalized spacial score (nSPS) is 22.4. The van der Waals surface area contributed by atoms with Crippen molar-refractivity contribution in [2.45, 2.75) is 26.3 Å². The predicted molar refractivity (Wildman–Crippen MR) is 64.6 cm³/mol. The largest absolute Gasteiger partial charge is 0.296 e. The molecular formula is C8H11IN2S. The molecule has 0 amide bonds. The van der Waals surface area contributed by atoms with E-state index in [4.69, 9.17) is 5.41 Å². The van der Waals surface area contributed by atoms with Crippen LogP contribution >= 0.6 is 34.4 Å². The summed E-state index contributed by atoms with van der Waals surface area (Å²) in [5.74, 6) is 0. The van der Waals surface area contributed by atoms with Gasteiger partial charge in [0.25, 0.3) is 0 Å². The lowest BCUT2D eigenvalue weighted by Crippen LogP contribution is -2.08. The van der Waals surface area contributed by atoms with E-state index in [0.717, 1.165) is 9.47 Å². The number of aliphatic imine (C=N–C) groups is 1. The van der Waals surface area contributed by atoms with Gasteiger partial charge >= 0.3 is 0 Å². The van der Waals surface area contributed by atoms with E-state index >= 15 is 0 Å². The van der Waals surface area contributed by atoms with Crippen molar-refractivity contribution < 1.29 is 0 Å². The van der Waals surface area contributed by atoms with E-state index < -0.39 is 0 Å².